The Morgan fingerprint density at radius 2 is 2.10 bits per heavy atom. The minimum atomic E-state index is -0.246. The van der Waals surface area contributed by atoms with Crippen LogP contribution in [0.4, 0.5) is 0 Å². The quantitative estimate of drug-likeness (QED) is 0.485. The van der Waals surface area contributed by atoms with Gasteiger partial charge in [0.1, 0.15) is 4.83 Å². The predicted molar refractivity (Wildman–Crippen MR) is 115 cm³/mol. The van der Waals surface area contributed by atoms with Gasteiger partial charge in [-0.1, -0.05) is 36.4 Å². The zero-order valence-electron chi connectivity index (χ0n) is 16.5. The maximum Gasteiger partial charge on any atom is 0.352 e. The van der Waals surface area contributed by atoms with Gasteiger partial charge in [0.25, 0.3) is 0 Å². The average molecular weight is 407 g/mol. The number of benzene rings is 1. The third-order valence-corrected chi connectivity index (χ3v) is 6.55. The van der Waals surface area contributed by atoms with Crippen LogP contribution in [0.3, 0.4) is 0 Å². The molecular weight excluding hydrogens is 384 g/mol. The molecule has 0 saturated carbocycles. The Labute approximate surface area is 172 Å². The first kappa shape index (κ1) is 18.3. The van der Waals surface area contributed by atoms with Crippen LogP contribution in [0, 0.1) is 0 Å². The molecule has 29 heavy (non-hydrogen) atoms. The van der Waals surface area contributed by atoms with Crippen LogP contribution in [0.15, 0.2) is 47.8 Å². The summed E-state index contributed by atoms with van der Waals surface area (Å²) in [4.78, 5) is 20.1. The van der Waals surface area contributed by atoms with Crippen molar-refractivity contribution in [1.82, 2.24) is 19.2 Å². The van der Waals surface area contributed by atoms with Gasteiger partial charge in [-0.15, -0.1) is 23.0 Å². The van der Waals surface area contributed by atoms with Gasteiger partial charge in [-0.3, -0.25) is 4.57 Å². The first-order chi connectivity index (χ1) is 14.0. The van der Waals surface area contributed by atoms with Gasteiger partial charge in [-0.2, -0.15) is 4.52 Å². The van der Waals surface area contributed by atoms with E-state index >= 15 is 0 Å². The number of rotatable bonds is 4. The van der Waals surface area contributed by atoms with Gasteiger partial charge < -0.3 is 4.74 Å². The van der Waals surface area contributed by atoms with E-state index in [-0.39, 0.29) is 11.3 Å². The Kier molecular flexibility index (Phi) is 4.18. The Hall–Kier alpha value is -2.77. The van der Waals surface area contributed by atoms with Crippen LogP contribution in [0.25, 0.3) is 15.9 Å². The maximum absolute atomic E-state index is 13.2. The smallest absolute Gasteiger partial charge is 0.352 e. The van der Waals surface area contributed by atoms with Crippen LogP contribution in [-0.2, 0) is 30.7 Å². The van der Waals surface area contributed by atoms with Gasteiger partial charge in [0.15, 0.2) is 11.5 Å². The number of aromatic nitrogens is 4. The molecule has 1 aliphatic rings. The van der Waals surface area contributed by atoms with Crippen LogP contribution < -0.4 is 5.69 Å². The molecule has 0 aliphatic carbocycles. The maximum atomic E-state index is 13.2. The SMILES string of the molecule is C=CCn1c(=O)n2nc(Cc3ccccc3)nc2c2c3c(sc21)COC(C)(C)C3. The minimum absolute atomic E-state index is 0.182. The summed E-state index contributed by atoms with van der Waals surface area (Å²) < 4.78 is 9.21. The Bertz CT molecular complexity index is 1300. The molecule has 0 fully saturated rings. The summed E-state index contributed by atoms with van der Waals surface area (Å²) in [7, 11) is 0. The molecule has 148 valence electrons. The van der Waals surface area contributed by atoms with E-state index in [1.165, 1.54) is 10.1 Å². The largest absolute Gasteiger partial charge is 0.370 e. The number of ether oxygens (including phenoxy) is 1. The lowest BCUT2D eigenvalue weighted by molar-refractivity contribution is -0.0379. The second-order valence-corrected chi connectivity index (χ2v) is 9.10. The van der Waals surface area contributed by atoms with Crippen molar-refractivity contribution in [3.8, 4) is 0 Å². The lowest BCUT2D eigenvalue weighted by atomic mass is 9.94. The van der Waals surface area contributed by atoms with Crippen molar-refractivity contribution in [3.05, 3.63) is 75.3 Å². The molecule has 6 nitrogen and oxygen atoms in total. The van der Waals surface area contributed by atoms with Crippen molar-refractivity contribution in [2.45, 2.75) is 45.4 Å². The number of fused-ring (bicyclic) bond motifs is 5. The molecule has 0 N–H and O–H groups in total. The van der Waals surface area contributed by atoms with E-state index < -0.39 is 0 Å². The Balaban J connectivity index is 1.78. The molecule has 0 bridgehead atoms. The van der Waals surface area contributed by atoms with Crippen molar-refractivity contribution in [2.75, 3.05) is 0 Å². The first-order valence-electron chi connectivity index (χ1n) is 9.68. The molecular formula is C22H22N4O2S. The van der Waals surface area contributed by atoms with E-state index in [1.54, 1.807) is 22.0 Å². The van der Waals surface area contributed by atoms with Crippen LogP contribution in [0.1, 0.15) is 35.7 Å². The van der Waals surface area contributed by atoms with Crippen molar-refractivity contribution in [2.24, 2.45) is 0 Å². The highest BCUT2D eigenvalue weighted by molar-refractivity contribution is 7.19. The number of hydrogen-bond acceptors (Lipinski definition) is 5. The molecule has 1 aliphatic heterocycles. The molecule has 5 rings (SSSR count). The summed E-state index contributed by atoms with van der Waals surface area (Å²) in [5, 5.41) is 5.60. The van der Waals surface area contributed by atoms with E-state index in [4.69, 9.17) is 9.72 Å². The molecule has 4 aromatic rings. The summed E-state index contributed by atoms with van der Waals surface area (Å²) in [6.07, 6.45) is 3.12. The lowest BCUT2D eigenvalue weighted by Gasteiger charge is -2.30. The summed E-state index contributed by atoms with van der Waals surface area (Å²) in [5.41, 5.74) is 2.56. The fourth-order valence-corrected chi connectivity index (χ4v) is 5.18. The van der Waals surface area contributed by atoms with Gasteiger partial charge in [0.2, 0.25) is 0 Å². The number of hydrogen-bond donors (Lipinski definition) is 0. The Morgan fingerprint density at radius 3 is 2.86 bits per heavy atom. The molecule has 0 amide bonds. The topological polar surface area (TPSA) is 61.4 Å². The monoisotopic (exact) mass is 406 g/mol. The van der Waals surface area contributed by atoms with Gasteiger partial charge in [-0.05, 0) is 25.0 Å². The van der Waals surface area contributed by atoms with Gasteiger partial charge in [0, 0.05) is 24.3 Å². The van der Waals surface area contributed by atoms with Crippen LogP contribution >= 0.6 is 11.3 Å². The molecule has 0 atom stereocenters. The molecule has 7 heteroatoms. The zero-order chi connectivity index (χ0) is 20.2. The van der Waals surface area contributed by atoms with E-state index in [0.29, 0.717) is 31.0 Å². The Morgan fingerprint density at radius 1 is 1.31 bits per heavy atom. The second-order valence-electron chi connectivity index (χ2n) is 8.02. The standard InChI is InChI=1S/C22H22N4O2S/c1-4-10-25-20-18(15-12-22(2,3)28-13-16(15)29-20)19-23-17(24-26(19)21(25)27)11-14-8-6-5-7-9-14/h4-9H,1,10-13H2,2-3H3. The lowest BCUT2D eigenvalue weighted by Crippen LogP contribution is -2.31. The van der Waals surface area contributed by atoms with E-state index in [1.807, 2.05) is 30.3 Å². The minimum Gasteiger partial charge on any atom is -0.370 e. The average Bonchev–Trinajstić information content (AvgIpc) is 3.26. The highest BCUT2D eigenvalue weighted by Gasteiger charge is 2.32. The van der Waals surface area contributed by atoms with Crippen LogP contribution in [0.2, 0.25) is 0 Å². The van der Waals surface area contributed by atoms with Gasteiger partial charge in [-0.25, -0.2) is 9.78 Å². The van der Waals surface area contributed by atoms with E-state index in [9.17, 15) is 4.79 Å². The summed E-state index contributed by atoms with van der Waals surface area (Å²) in [5.74, 6) is 0.650. The highest BCUT2D eigenvalue weighted by atomic mass is 32.1. The third kappa shape index (κ3) is 3.01. The first-order valence-corrected chi connectivity index (χ1v) is 10.5. The molecule has 3 aromatic heterocycles. The molecule has 0 unspecified atom stereocenters. The molecule has 1 aromatic carbocycles. The second kappa shape index (κ2) is 6.64. The number of nitrogens with zero attached hydrogens (tertiary/aromatic N) is 4. The van der Waals surface area contributed by atoms with E-state index in [2.05, 4.69) is 25.5 Å². The summed E-state index contributed by atoms with van der Waals surface area (Å²) in [6, 6.07) is 10.1. The van der Waals surface area contributed by atoms with Crippen molar-refractivity contribution >= 4 is 27.2 Å². The molecule has 0 saturated heterocycles. The normalized spacial score (nSPS) is 15.7. The van der Waals surface area contributed by atoms with Crippen LogP contribution in [-0.4, -0.2) is 24.8 Å². The number of allylic oxidation sites excluding steroid dienone is 1. The summed E-state index contributed by atoms with van der Waals surface area (Å²) in [6.45, 7) is 9.01. The van der Waals surface area contributed by atoms with E-state index in [0.717, 1.165) is 27.1 Å². The van der Waals surface area contributed by atoms with Crippen LogP contribution in [0.5, 0.6) is 0 Å². The molecule has 4 heterocycles. The fraction of sp³-hybridized carbons (Fsp3) is 0.318. The van der Waals surface area contributed by atoms with Crippen molar-refractivity contribution in [3.63, 3.8) is 0 Å². The fourth-order valence-electron chi connectivity index (χ4n) is 3.95. The van der Waals surface area contributed by atoms with Crippen molar-refractivity contribution in [1.29, 1.82) is 0 Å². The predicted octanol–water partition coefficient (Wildman–Crippen LogP) is 3.73. The van der Waals surface area contributed by atoms with Crippen molar-refractivity contribution < 1.29 is 4.74 Å². The third-order valence-electron chi connectivity index (χ3n) is 5.32. The zero-order valence-corrected chi connectivity index (χ0v) is 17.3. The van der Waals surface area contributed by atoms with Gasteiger partial charge in [0.05, 0.1) is 17.6 Å². The number of thiophene rings is 1. The molecule has 0 radical (unpaired) electrons. The summed E-state index contributed by atoms with van der Waals surface area (Å²) >= 11 is 1.62. The van der Waals surface area contributed by atoms with Gasteiger partial charge >= 0.3 is 5.69 Å². The molecule has 0 spiro atoms. The highest BCUT2D eigenvalue weighted by Crippen LogP contribution is 2.39.